The standard InChI is InChI=1S/C10H9BO3/c1-6(12)9-4-3-8(11)5-10(9)14-7(2)13/h3-5H,1-2H3. The number of ketones is 1. The number of hydrogen-bond donors (Lipinski definition) is 0. The number of esters is 1. The van der Waals surface area contributed by atoms with E-state index >= 15 is 0 Å². The summed E-state index contributed by atoms with van der Waals surface area (Å²) >= 11 is 0. The van der Waals surface area contributed by atoms with Crippen molar-refractivity contribution in [3.8, 4) is 5.75 Å². The molecule has 0 aliphatic carbocycles. The van der Waals surface area contributed by atoms with Crippen molar-refractivity contribution in [3.05, 3.63) is 23.8 Å². The fraction of sp³-hybridized carbons (Fsp3) is 0.200. The molecule has 0 atom stereocenters. The van der Waals surface area contributed by atoms with E-state index in [0.29, 0.717) is 11.0 Å². The first kappa shape index (κ1) is 10.5. The van der Waals surface area contributed by atoms with Gasteiger partial charge < -0.3 is 4.74 Å². The second kappa shape index (κ2) is 4.09. The van der Waals surface area contributed by atoms with Gasteiger partial charge in [-0.25, -0.2) is 0 Å². The zero-order valence-corrected chi connectivity index (χ0v) is 8.03. The molecule has 2 radical (unpaired) electrons. The maximum Gasteiger partial charge on any atom is 0.308 e. The van der Waals surface area contributed by atoms with Gasteiger partial charge in [-0.2, -0.15) is 0 Å². The Bertz CT molecular complexity index is 385. The van der Waals surface area contributed by atoms with Gasteiger partial charge in [-0.3, -0.25) is 9.59 Å². The molecule has 0 fully saturated rings. The third-order valence-corrected chi connectivity index (χ3v) is 1.64. The van der Waals surface area contributed by atoms with Crippen LogP contribution in [0.4, 0.5) is 0 Å². The minimum atomic E-state index is -0.474. The molecule has 0 heterocycles. The van der Waals surface area contributed by atoms with Crippen LogP contribution in [-0.2, 0) is 4.79 Å². The van der Waals surface area contributed by atoms with E-state index in [1.165, 1.54) is 26.0 Å². The van der Waals surface area contributed by atoms with E-state index in [-0.39, 0.29) is 11.5 Å². The van der Waals surface area contributed by atoms with Crippen LogP contribution in [0.15, 0.2) is 18.2 Å². The van der Waals surface area contributed by atoms with Gasteiger partial charge in [0.1, 0.15) is 13.6 Å². The SMILES string of the molecule is [B]c1ccc(C(C)=O)c(OC(C)=O)c1. The van der Waals surface area contributed by atoms with Crippen LogP contribution in [-0.4, -0.2) is 19.6 Å². The van der Waals surface area contributed by atoms with Crippen LogP contribution in [0, 0.1) is 0 Å². The average molecular weight is 188 g/mol. The van der Waals surface area contributed by atoms with Gasteiger partial charge in [0.2, 0.25) is 0 Å². The molecule has 0 aliphatic heterocycles. The second-order valence-corrected chi connectivity index (χ2v) is 2.91. The summed E-state index contributed by atoms with van der Waals surface area (Å²) in [5.74, 6) is -0.427. The van der Waals surface area contributed by atoms with Gasteiger partial charge in [-0.15, -0.1) is 0 Å². The molecule has 4 heteroatoms. The van der Waals surface area contributed by atoms with E-state index in [4.69, 9.17) is 12.6 Å². The molecule has 0 aliphatic rings. The second-order valence-electron chi connectivity index (χ2n) is 2.91. The summed E-state index contributed by atoms with van der Waals surface area (Å²) in [6, 6.07) is 4.58. The summed E-state index contributed by atoms with van der Waals surface area (Å²) in [6.07, 6.45) is 0. The van der Waals surface area contributed by atoms with Crippen LogP contribution in [0.1, 0.15) is 24.2 Å². The van der Waals surface area contributed by atoms with Crippen molar-refractivity contribution in [1.82, 2.24) is 0 Å². The quantitative estimate of drug-likeness (QED) is 0.295. The molecule has 0 aromatic heterocycles. The molecule has 0 bridgehead atoms. The number of carbonyl (C=O) groups excluding carboxylic acids is 2. The van der Waals surface area contributed by atoms with Crippen LogP contribution >= 0.6 is 0 Å². The van der Waals surface area contributed by atoms with E-state index in [2.05, 4.69) is 0 Å². The Labute approximate surface area is 83.5 Å². The zero-order chi connectivity index (χ0) is 10.7. The molecule has 0 spiro atoms. The molecule has 14 heavy (non-hydrogen) atoms. The lowest BCUT2D eigenvalue weighted by atomic mass is 9.94. The average Bonchev–Trinajstić information content (AvgIpc) is 2.01. The zero-order valence-electron chi connectivity index (χ0n) is 8.03. The first-order valence-corrected chi connectivity index (χ1v) is 4.09. The van der Waals surface area contributed by atoms with Crippen LogP contribution in [0.2, 0.25) is 0 Å². The predicted octanol–water partition coefficient (Wildman–Crippen LogP) is 0.608. The van der Waals surface area contributed by atoms with Crippen LogP contribution < -0.4 is 10.2 Å². The third-order valence-electron chi connectivity index (χ3n) is 1.64. The Morgan fingerprint density at radius 2 is 1.93 bits per heavy atom. The van der Waals surface area contributed by atoms with Gasteiger partial charge in [0.25, 0.3) is 0 Å². The molecule has 1 rings (SSSR count). The Kier molecular flexibility index (Phi) is 3.07. The number of hydrogen-bond acceptors (Lipinski definition) is 3. The lowest BCUT2D eigenvalue weighted by Gasteiger charge is -2.07. The monoisotopic (exact) mass is 188 g/mol. The number of carbonyl (C=O) groups is 2. The van der Waals surface area contributed by atoms with Crippen molar-refractivity contribution in [3.63, 3.8) is 0 Å². The van der Waals surface area contributed by atoms with E-state index in [1.807, 2.05) is 0 Å². The van der Waals surface area contributed by atoms with Crippen LogP contribution in [0.25, 0.3) is 0 Å². The Balaban J connectivity index is 3.15. The highest BCUT2D eigenvalue weighted by Gasteiger charge is 2.09. The maximum absolute atomic E-state index is 11.1. The highest BCUT2D eigenvalue weighted by Crippen LogP contribution is 2.17. The Morgan fingerprint density at radius 3 is 2.43 bits per heavy atom. The van der Waals surface area contributed by atoms with Crippen molar-refractivity contribution in [2.24, 2.45) is 0 Å². The molecular formula is C10H9BO3. The summed E-state index contributed by atoms with van der Waals surface area (Å²) in [7, 11) is 5.50. The van der Waals surface area contributed by atoms with Gasteiger partial charge >= 0.3 is 5.97 Å². The molecule has 1 aromatic carbocycles. The van der Waals surface area contributed by atoms with Crippen LogP contribution in [0.3, 0.4) is 0 Å². The molecule has 0 saturated heterocycles. The number of benzene rings is 1. The largest absolute Gasteiger partial charge is 0.426 e. The molecular weight excluding hydrogens is 179 g/mol. The molecule has 3 nitrogen and oxygen atoms in total. The van der Waals surface area contributed by atoms with Gasteiger partial charge in [-0.1, -0.05) is 11.5 Å². The summed E-state index contributed by atoms with van der Waals surface area (Å²) in [5.41, 5.74) is 0.806. The molecule has 0 N–H and O–H groups in total. The third kappa shape index (κ3) is 2.45. The van der Waals surface area contributed by atoms with Gasteiger partial charge in [0, 0.05) is 6.92 Å². The van der Waals surface area contributed by atoms with Gasteiger partial charge in [0.05, 0.1) is 5.56 Å². The summed E-state index contributed by atoms with van der Waals surface area (Å²) in [5, 5.41) is 0. The number of rotatable bonds is 2. The van der Waals surface area contributed by atoms with Crippen molar-refractivity contribution in [2.45, 2.75) is 13.8 Å². The van der Waals surface area contributed by atoms with Crippen molar-refractivity contribution >= 4 is 25.1 Å². The minimum absolute atomic E-state index is 0.166. The first-order chi connectivity index (χ1) is 6.50. The topological polar surface area (TPSA) is 43.4 Å². The first-order valence-electron chi connectivity index (χ1n) is 4.09. The highest BCUT2D eigenvalue weighted by atomic mass is 16.5. The molecule has 70 valence electrons. The summed E-state index contributed by atoms with van der Waals surface area (Å²) < 4.78 is 4.85. The van der Waals surface area contributed by atoms with Crippen molar-refractivity contribution < 1.29 is 14.3 Å². The van der Waals surface area contributed by atoms with E-state index in [9.17, 15) is 9.59 Å². The molecule has 0 saturated carbocycles. The fourth-order valence-electron chi connectivity index (χ4n) is 1.07. The Hall–Kier alpha value is -1.58. The van der Waals surface area contributed by atoms with Gasteiger partial charge in [-0.05, 0) is 19.1 Å². The lowest BCUT2D eigenvalue weighted by molar-refractivity contribution is -0.131. The van der Waals surface area contributed by atoms with E-state index in [0.717, 1.165) is 0 Å². The summed E-state index contributed by atoms with van der Waals surface area (Å²) in [4.78, 5) is 21.9. The van der Waals surface area contributed by atoms with Crippen molar-refractivity contribution in [2.75, 3.05) is 0 Å². The number of ether oxygens (including phenoxy) is 1. The number of Topliss-reactive ketones (excluding diaryl/α,β-unsaturated/α-hetero) is 1. The molecule has 1 aromatic rings. The van der Waals surface area contributed by atoms with Crippen molar-refractivity contribution in [1.29, 1.82) is 0 Å². The lowest BCUT2D eigenvalue weighted by Crippen LogP contribution is -2.10. The normalized spacial score (nSPS) is 9.57. The smallest absolute Gasteiger partial charge is 0.308 e. The van der Waals surface area contributed by atoms with Crippen LogP contribution in [0.5, 0.6) is 5.75 Å². The van der Waals surface area contributed by atoms with Gasteiger partial charge in [0.15, 0.2) is 5.78 Å². The predicted molar refractivity (Wildman–Crippen MR) is 53.1 cm³/mol. The van der Waals surface area contributed by atoms with E-state index in [1.54, 1.807) is 6.07 Å². The summed E-state index contributed by atoms with van der Waals surface area (Å²) in [6.45, 7) is 2.67. The highest BCUT2D eigenvalue weighted by molar-refractivity contribution is 6.32. The minimum Gasteiger partial charge on any atom is -0.426 e. The molecule has 0 amide bonds. The molecule has 0 unspecified atom stereocenters. The maximum atomic E-state index is 11.1. The van der Waals surface area contributed by atoms with E-state index < -0.39 is 5.97 Å². The Morgan fingerprint density at radius 1 is 1.29 bits per heavy atom. The fourth-order valence-corrected chi connectivity index (χ4v) is 1.07.